The van der Waals surface area contributed by atoms with Crippen LogP contribution in [-0.4, -0.2) is 34.1 Å². The number of hydrogen-bond donors (Lipinski definition) is 1. The van der Waals surface area contributed by atoms with Crippen LogP contribution in [-0.2, 0) is 14.8 Å². The average Bonchev–Trinajstić information content (AvgIpc) is 3.06. The summed E-state index contributed by atoms with van der Waals surface area (Å²) in [6.07, 6.45) is 5.58. The lowest BCUT2D eigenvalue weighted by Gasteiger charge is -2.34. The van der Waals surface area contributed by atoms with Gasteiger partial charge >= 0.3 is 0 Å². The Labute approximate surface area is 144 Å². The van der Waals surface area contributed by atoms with Gasteiger partial charge in [0.1, 0.15) is 17.6 Å². The maximum Gasteiger partial charge on any atom is 0.265 e. The van der Waals surface area contributed by atoms with E-state index < -0.39 is 15.9 Å². The molecule has 1 aromatic carbocycles. The highest BCUT2D eigenvalue weighted by molar-refractivity contribution is 7.90. The van der Waals surface area contributed by atoms with Crippen molar-refractivity contribution in [3.63, 3.8) is 0 Å². The fourth-order valence-electron chi connectivity index (χ4n) is 2.92. The zero-order valence-electron chi connectivity index (χ0n) is 13.1. The Bertz CT molecular complexity index is 1030. The molecule has 1 fully saturated rings. The van der Waals surface area contributed by atoms with Gasteiger partial charge in [0.2, 0.25) is 5.91 Å². The van der Waals surface area contributed by atoms with Gasteiger partial charge in [-0.1, -0.05) is 18.2 Å². The van der Waals surface area contributed by atoms with Crippen molar-refractivity contribution < 1.29 is 13.2 Å². The molecule has 1 N–H and O–H groups in total. The summed E-state index contributed by atoms with van der Waals surface area (Å²) >= 11 is 0. The molecular weight excluding hydrogens is 342 g/mol. The first-order valence-electron chi connectivity index (χ1n) is 7.78. The fourth-order valence-corrected chi connectivity index (χ4v) is 3.94. The molecular formula is C16H15N5O3S. The molecule has 9 heteroatoms. The second-order valence-corrected chi connectivity index (χ2v) is 7.75. The number of hydrogen-bond acceptors (Lipinski definition) is 6. The Kier molecular flexibility index (Phi) is 3.72. The van der Waals surface area contributed by atoms with E-state index in [2.05, 4.69) is 19.9 Å². The number of carbonyl (C=O) groups is 1. The van der Waals surface area contributed by atoms with Gasteiger partial charge in [-0.25, -0.2) is 13.1 Å². The van der Waals surface area contributed by atoms with Gasteiger partial charge in [-0.3, -0.25) is 9.78 Å². The highest BCUT2D eigenvalue weighted by Crippen LogP contribution is 2.37. The summed E-state index contributed by atoms with van der Waals surface area (Å²) in [5, 5.41) is 8.16. The Morgan fingerprint density at radius 1 is 1.16 bits per heavy atom. The number of benzene rings is 1. The second-order valence-electron chi connectivity index (χ2n) is 6.06. The molecule has 1 amide bonds. The van der Waals surface area contributed by atoms with Gasteiger partial charge in [0.05, 0.1) is 5.52 Å². The maximum absolute atomic E-state index is 12.4. The molecule has 3 aromatic rings. The molecule has 2 heterocycles. The standard InChI is InChI=1S/C16H15N5O3S/c22-16(12-5-13(6-12)21-9-18-19-10-21)20-25(23,24)14-7-11-3-1-2-4-15(11)17-8-14/h1-4,7-10,12-13H,5-6H2,(H,20,22). The van der Waals surface area contributed by atoms with Gasteiger partial charge in [0.15, 0.2) is 0 Å². The summed E-state index contributed by atoms with van der Waals surface area (Å²) in [7, 11) is -3.94. The lowest BCUT2D eigenvalue weighted by Crippen LogP contribution is -2.42. The number of sulfonamides is 1. The van der Waals surface area contributed by atoms with Crippen molar-refractivity contribution in [3.8, 4) is 0 Å². The lowest BCUT2D eigenvalue weighted by molar-refractivity contribution is -0.126. The Hall–Kier alpha value is -2.81. The van der Waals surface area contributed by atoms with Gasteiger partial charge in [-0.15, -0.1) is 10.2 Å². The number of aromatic nitrogens is 4. The van der Waals surface area contributed by atoms with Crippen LogP contribution in [0.25, 0.3) is 10.9 Å². The molecule has 0 saturated heterocycles. The van der Waals surface area contributed by atoms with Crippen molar-refractivity contribution in [3.05, 3.63) is 49.2 Å². The third-order valence-corrected chi connectivity index (χ3v) is 5.77. The predicted octanol–water partition coefficient (Wildman–Crippen LogP) is 1.28. The Morgan fingerprint density at radius 3 is 2.64 bits per heavy atom. The summed E-state index contributed by atoms with van der Waals surface area (Å²) in [6.45, 7) is 0. The molecule has 8 nitrogen and oxygen atoms in total. The van der Waals surface area contributed by atoms with Crippen LogP contribution in [0.2, 0.25) is 0 Å². The third kappa shape index (κ3) is 2.98. The van der Waals surface area contributed by atoms with E-state index in [0.717, 1.165) is 0 Å². The lowest BCUT2D eigenvalue weighted by atomic mass is 9.80. The second kappa shape index (κ2) is 5.92. The van der Waals surface area contributed by atoms with Crippen molar-refractivity contribution in [2.45, 2.75) is 23.8 Å². The quantitative estimate of drug-likeness (QED) is 0.754. The number of rotatable bonds is 4. The zero-order valence-corrected chi connectivity index (χ0v) is 13.9. The molecule has 1 aliphatic rings. The van der Waals surface area contributed by atoms with E-state index in [4.69, 9.17) is 0 Å². The molecule has 0 bridgehead atoms. The molecule has 2 aromatic heterocycles. The SMILES string of the molecule is O=C(NS(=O)(=O)c1cnc2ccccc2c1)C1CC(n2cnnc2)C1. The molecule has 25 heavy (non-hydrogen) atoms. The van der Waals surface area contributed by atoms with E-state index in [0.29, 0.717) is 23.7 Å². The van der Waals surface area contributed by atoms with Gasteiger partial charge in [0, 0.05) is 23.5 Å². The zero-order chi connectivity index (χ0) is 17.4. The molecule has 4 rings (SSSR count). The summed E-state index contributed by atoms with van der Waals surface area (Å²) in [4.78, 5) is 16.4. The van der Waals surface area contributed by atoms with Crippen LogP contribution in [0, 0.1) is 5.92 Å². The third-order valence-electron chi connectivity index (χ3n) is 4.45. The fraction of sp³-hybridized carbons (Fsp3) is 0.250. The van der Waals surface area contributed by atoms with Crippen molar-refractivity contribution in [2.75, 3.05) is 0 Å². The van der Waals surface area contributed by atoms with Gasteiger partial charge < -0.3 is 4.57 Å². The minimum absolute atomic E-state index is 0.0192. The maximum atomic E-state index is 12.4. The van der Waals surface area contributed by atoms with E-state index >= 15 is 0 Å². The molecule has 0 spiro atoms. The summed E-state index contributed by atoms with van der Waals surface area (Å²) in [6, 6.07) is 8.85. The van der Waals surface area contributed by atoms with Crippen molar-refractivity contribution >= 4 is 26.8 Å². The Morgan fingerprint density at radius 2 is 1.88 bits per heavy atom. The molecule has 0 atom stereocenters. The van der Waals surface area contributed by atoms with Crippen LogP contribution < -0.4 is 4.72 Å². The molecule has 0 radical (unpaired) electrons. The van der Waals surface area contributed by atoms with Crippen LogP contribution in [0.1, 0.15) is 18.9 Å². The topological polar surface area (TPSA) is 107 Å². The monoisotopic (exact) mass is 357 g/mol. The number of pyridine rings is 1. The molecule has 0 unspecified atom stereocenters. The highest BCUT2D eigenvalue weighted by Gasteiger charge is 2.37. The number of para-hydroxylation sites is 1. The minimum Gasteiger partial charge on any atom is -0.317 e. The van der Waals surface area contributed by atoms with Crippen molar-refractivity contribution in [1.82, 2.24) is 24.5 Å². The first-order valence-corrected chi connectivity index (χ1v) is 9.27. The largest absolute Gasteiger partial charge is 0.317 e. The molecule has 1 aliphatic carbocycles. The van der Waals surface area contributed by atoms with Crippen molar-refractivity contribution in [2.24, 2.45) is 5.92 Å². The predicted molar refractivity (Wildman–Crippen MR) is 88.9 cm³/mol. The summed E-state index contributed by atoms with van der Waals surface area (Å²) in [5.41, 5.74) is 0.698. The minimum atomic E-state index is -3.94. The summed E-state index contributed by atoms with van der Waals surface area (Å²) in [5.74, 6) is -0.826. The smallest absolute Gasteiger partial charge is 0.265 e. The van der Waals surface area contributed by atoms with Crippen LogP contribution in [0.4, 0.5) is 0 Å². The average molecular weight is 357 g/mol. The number of carbonyl (C=O) groups excluding carboxylic acids is 1. The van der Waals surface area contributed by atoms with E-state index in [-0.39, 0.29) is 16.9 Å². The number of amides is 1. The van der Waals surface area contributed by atoms with Crippen LogP contribution in [0.15, 0.2) is 54.1 Å². The van der Waals surface area contributed by atoms with Gasteiger partial charge in [-0.2, -0.15) is 0 Å². The normalized spacial score (nSPS) is 20.2. The number of nitrogens with one attached hydrogen (secondary N) is 1. The van der Waals surface area contributed by atoms with Crippen LogP contribution in [0.5, 0.6) is 0 Å². The van der Waals surface area contributed by atoms with E-state index in [1.165, 1.54) is 12.3 Å². The number of nitrogens with zero attached hydrogens (tertiary/aromatic N) is 4. The first kappa shape index (κ1) is 15.7. The van der Waals surface area contributed by atoms with Gasteiger partial charge in [-0.05, 0) is 25.0 Å². The van der Waals surface area contributed by atoms with E-state index in [1.807, 2.05) is 10.6 Å². The van der Waals surface area contributed by atoms with Gasteiger partial charge in [0.25, 0.3) is 10.0 Å². The van der Waals surface area contributed by atoms with E-state index in [1.54, 1.807) is 30.9 Å². The Balaban J connectivity index is 1.46. The first-order chi connectivity index (χ1) is 12.0. The molecule has 0 aliphatic heterocycles. The highest BCUT2D eigenvalue weighted by atomic mass is 32.2. The molecule has 128 valence electrons. The summed E-state index contributed by atoms with van der Waals surface area (Å²) < 4.78 is 28.9. The van der Waals surface area contributed by atoms with Crippen molar-refractivity contribution in [1.29, 1.82) is 0 Å². The van der Waals surface area contributed by atoms with Crippen LogP contribution in [0.3, 0.4) is 0 Å². The van der Waals surface area contributed by atoms with Crippen LogP contribution >= 0.6 is 0 Å². The van der Waals surface area contributed by atoms with E-state index in [9.17, 15) is 13.2 Å². The number of fused-ring (bicyclic) bond motifs is 1. The molecule has 1 saturated carbocycles.